The first kappa shape index (κ1) is 11.9. The zero-order valence-electron chi connectivity index (χ0n) is 10.0. The van der Waals surface area contributed by atoms with Crippen molar-refractivity contribution in [3.05, 3.63) is 23.8 Å². The van der Waals surface area contributed by atoms with Crippen molar-refractivity contribution in [1.82, 2.24) is 0 Å². The van der Waals surface area contributed by atoms with Crippen LogP contribution in [0, 0.1) is 6.92 Å². The van der Waals surface area contributed by atoms with E-state index in [1.807, 2.05) is 12.1 Å². The van der Waals surface area contributed by atoms with E-state index in [0.29, 0.717) is 6.04 Å². The van der Waals surface area contributed by atoms with Crippen LogP contribution in [0.25, 0.3) is 0 Å². The lowest BCUT2D eigenvalue weighted by molar-refractivity contribution is 0.645. The summed E-state index contributed by atoms with van der Waals surface area (Å²) < 4.78 is 0. The van der Waals surface area contributed by atoms with Gasteiger partial charge in [-0.25, -0.2) is 0 Å². The third-order valence-electron chi connectivity index (χ3n) is 2.77. The van der Waals surface area contributed by atoms with E-state index in [-0.39, 0.29) is 0 Å². The summed E-state index contributed by atoms with van der Waals surface area (Å²) in [5, 5.41) is 3.51. The molecule has 0 fully saturated rings. The molecule has 0 saturated carbocycles. The third-order valence-corrected chi connectivity index (χ3v) is 2.77. The topological polar surface area (TPSA) is 38.0 Å². The van der Waals surface area contributed by atoms with Crippen LogP contribution in [-0.4, -0.2) is 6.04 Å². The Morgan fingerprint density at radius 2 is 2.13 bits per heavy atom. The summed E-state index contributed by atoms with van der Waals surface area (Å²) in [5.41, 5.74) is 9.04. The lowest BCUT2D eigenvalue weighted by atomic mass is 10.1. The number of hydrogen-bond acceptors (Lipinski definition) is 2. The van der Waals surface area contributed by atoms with Crippen LogP contribution >= 0.6 is 0 Å². The molecule has 0 spiro atoms. The molecule has 0 amide bonds. The van der Waals surface area contributed by atoms with Crippen molar-refractivity contribution in [1.29, 1.82) is 0 Å². The molecular weight excluding hydrogens is 184 g/mol. The van der Waals surface area contributed by atoms with Gasteiger partial charge in [-0.05, 0) is 38.0 Å². The second kappa shape index (κ2) is 5.64. The fraction of sp³-hybridized carbons (Fsp3) is 0.538. The van der Waals surface area contributed by atoms with Gasteiger partial charge < -0.3 is 11.1 Å². The van der Waals surface area contributed by atoms with Crippen molar-refractivity contribution >= 4 is 11.4 Å². The van der Waals surface area contributed by atoms with Crippen LogP contribution in [-0.2, 0) is 0 Å². The van der Waals surface area contributed by atoms with E-state index in [2.05, 4.69) is 32.2 Å². The number of unbranched alkanes of at least 4 members (excludes halogenated alkanes) is 1. The summed E-state index contributed by atoms with van der Waals surface area (Å²) >= 11 is 0. The quantitative estimate of drug-likeness (QED) is 0.723. The summed E-state index contributed by atoms with van der Waals surface area (Å²) in [4.78, 5) is 0. The second-order valence-electron chi connectivity index (χ2n) is 4.21. The van der Waals surface area contributed by atoms with E-state index < -0.39 is 0 Å². The van der Waals surface area contributed by atoms with Gasteiger partial charge >= 0.3 is 0 Å². The van der Waals surface area contributed by atoms with Gasteiger partial charge in [0.25, 0.3) is 0 Å². The highest BCUT2D eigenvalue weighted by Crippen LogP contribution is 2.21. The molecule has 1 rings (SSSR count). The molecule has 0 bridgehead atoms. The number of nitrogens with one attached hydrogen (secondary N) is 1. The standard InChI is InChI=1S/C13H22N2/c1-4-5-7-10(2)15-13-9-6-8-12(14)11(13)3/h6,8-10,15H,4-5,7,14H2,1-3H3. The molecule has 2 nitrogen and oxygen atoms in total. The number of nitrogen functional groups attached to an aromatic ring is 1. The smallest absolute Gasteiger partial charge is 0.0392 e. The molecule has 0 aliphatic heterocycles. The largest absolute Gasteiger partial charge is 0.398 e. The van der Waals surface area contributed by atoms with Crippen LogP contribution in [0.4, 0.5) is 11.4 Å². The number of benzene rings is 1. The van der Waals surface area contributed by atoms with Crippen LogP contribution in [0.3, 0.4) is 0 Å². The van der Waals surface area contributed by atoms with Crippen molar-refractivity contribution in [2.75, 3.05) is 11.1 Å². The first-order valence-electron chi connectivity index (χ1n) is 5.76. The minimum Gasteiger partial charge on any atom is -0.398 e. The normalized spacial score (nSPS) is 12.5. The summed E-state index contributed by atoms with van der Waals surface area (Å²) in [6.07, 6.45) is 3.74. The molecule has 15 heavy (non-hydrogen) atoms. The fourth-order valence-corrected chi connectivity index (χ4v) is 1.66. The first-order chi connectivity index (χ1) is 7.15. The predicted octanol–water partition coefficient (Wildman–Crippen LogP) is 3.57. The summed E-state index contributed by atoms with van der Waals surface area (Å²) in [7, 11) is 0. The molecule has 1 atom stereocenters. The van der Waals surface area contributed by atoms with E-state index in [4.69, 9.17) is 5.73 Å². The van der Waals surface area contributed by atoms with Crippen molar-refractivity contribution < 1.29 is 0 Å². The number of rotatable bonds is 5. The second-order valence-corrected chi connectivity index (χ2v) is 4.21. The van der Waals surface area contributed by atoms with Gasteiger partial charge in [0.15, 0.2) is 0 Å². The number of anilines is 2. The van der Waals surface area contributed by atoms with Crippen LogP contribution in [0.2, 0.25) is 0 Å². The number of nitrogens with two attached hydrogens (primary N) is 1. The minimum absolute atomic E-state index is 0.519. The van der Waals surface area contributed by atoms with Crippen LogP contribution in [0.1, 0.15) is 38.7 Å². The molecule has 0 heterocycles. The summed E-state index contributed by atoms with van der Waals surface area (Å²) in [6.45, 7) is 6.50. The van der Waals surface area contributed by atoms with E-state index in [9.17, 15) is 0 Å². The lowest BCUT2D eigenvalue weighted by Crippen LogP contribution is -2.15. The van der Waals surface area contributed by atoms with Gasteiger partial charge in [0.2, 0.25) is 0 Å². The van der Waals surface area contributed by atoms with Crippen molar-refractivity contribution in [3.8, 4) is 0 Å². The Kier molecular flexibility index (Phi) is 4.47. The van der Waals surface area contributed by atoms with E-state index in [1.54, 1.807) is 0 Å². The minimum atomic E-state index is 0.519. The van der Waals surface area contributed by atoms with E-state index >= 15 is 0 Å². The lowest BCUT2D eigenvalue weighted by Gasteiger charge is -2.17. The summed E-state index contributed by atoms with van der Waals surface area (Å²) in [6, 6.07) is 6.55. The highest BCUT2D eigenvalue weighted by molar-refractivity contribution is 5.62. The molecule has 0 aliphatic rings. The average molecular weight is 206 g/mol. The van der Waals surface area contributed by atoms with Gasteiger partial charge in [-0.1, -0.05) is 25.8 Å². The highest BCUT2D eigenvalue weighted by Gasteiger charge is 2.04. The molecule has 0 radical (unpaired) electrons. The van der Waals surface area contributed by atoms with Crippen molar-refractivity contribution in [3.63, 3.8) is 0 Å². The molecule has 3 N–H and O–H groups in total. The van der Waals surface area contributed by atoms with Crippen LogP contribution in [0.5, 0.6) is 0 Å². The first-order valence-corrected chi connectivity index (χ1v) is 5.76. The van der Waals surface area contributed by atoms with Gasteiger partial charge in [-0.15, -0.1) is 0 Å². The summed E-state index contributed by atoms with van der Waals surface area (Å²) in [5.74, 6) is 0. The predicted molar refractivity (Wildman–Crippen MR) is 68.2 cm³/mol. The maximum atomic E-state index is 5.86. The van der Waals surface area contributed by atoms with Crippen LogP contribution < -0.4 is 11.1 Å². The highest BCUT2D eigenvalue weighted by atomic mass is 14.9. The fourth-order valence-electron chi connectivity index (χ4n) is 1.66. The van der Waals surface area contributed by atoms with Gasteiger partial charge in [0.1, 0.15) is 0 Å². The molecule has 1 aromatic carbocycles. The van der Waals surface area contributed by atoms with Crippen LogP contribution in [0.15, 0.2) is 18.2 Å². The molecular formula is C13H22N2. The molecule has 1 unspecified atom stereocenters. The van der Waals surface area contributed by atoms with E-state index in [1.165, 1.54) is 24.9 Å². The Morgan fingerprint density at radius 3 is 2.80 bits per heavy atom. The molecule has 0 aliphatic carbocycles. The Labute approximate surface area is 92.9 Å². The maximum Gasteiger partial charge on any atom is 0.0392 e. The monoisotopic (exact) mass is 206 g/mol. The molecule has 2 heteroatoms. The van der Waals surface area contributed by atoms with Crippen molar-refractivity contribution in [2.45, 2.75) is 46.1 Å². The molecule has 0 aromatic heterocycles. The SMILES string of the molecule is CCCCC(C)Nc1cccc(N)c1C. The Balaban J connectivity index is 2.60. The van der Waals surface area contributed by atoms with Gasteiger partial charge in [-0.2, -0.15) is 0 Å². The Bertz CT molecular complexity index is 307. The molecule has 1 aromatic rings. The zero-order chi connectivity index (χ0) is 11.3. The van der Waals surface area contributed by atoms with Gasteiger partial charge in [0, 0.05) is 17.4 Å². The average Bonchev–Trinajstić information content (AvgIpc) is 2.22. The van der Waals surface area contributed by atoms with Crippen molar-refractivity contribution in [2.24, 2.45) is 0 Å². The van der Waals surface area contributed by atoms with Gasteiger partial charge in [0.05, 0.1) is 0 Å². The maximum absolute atomic E-state index is 5.86. The Morgan fingerprint density at radius 1 is 1.40 bits per heavy atom. The zero-order valence-corrected chi connectivity index (χ0v) is 10.0. The van der Waals surface area contributed by atoms with E-state index in [0.717, 1.165) is 11.3 Å². The Hall–Kier alpha value is -1.18. The third kappa shape index (κ3) is 3.46. The number of hydrogen-bond donors (Lipinski definition) is 2. The molecule has 84 valence electrons. The van der Waals surface area contributed by atoms with Gasteiger partial charge in [-0.3, -0.25) is 0 Å². The molecule has 0 saturated heterocycles.